The highest BCUT2D eigenvalue weighted by molar-refractivity contribution is 5.79. The van der Waals surface area contributed by atoms with Gasteiger partial charge in [-0.05, 0) is 25.5 Å². The normalized spacial score (nSPS) is 18.7. The molecule has 4 heteroatoms. The highest BCUT2D eigenvalue weighted by atomic mass is 19.1. The molecule has 2 rings (SSSR count). The van der Waals surface area contributed by atoms with E-state index in [1.807, 2.05) is 18.7 Å². The van der Waals surface area contributed by atoms with Crippen molar-refractivity contribution in [3.05, 3.63) is 35.6 Å². The summed E-state index contributed by atoms with van der Waals surface area (Å²) in [5.41, 5.74) is 0.262. The van der Waals surface area contributed by atoms with Crippen LogP contribution in [0, 0.1) is 5.82 Å². The van der Waals surface area contributed by atoms with Crippen LogP contribution >= 0.6 is 0 Å². The van der Waals surface area contributed by atoms with Crippen LogP contribution in [0.2, 0.25) is 0 Å². The second kappa shape index (κ2) is 5.06. The Morgan fingerprint density at radius 1 is 1.44 bits per heavy atom. The molecule has 0 unspecified atom stereocenters. The Morgan fingerprint density at radius 2 is 2.17 bits per heavy atom. The highest BCUT2D eigenvalue weighted by Gasteiger charge is 2.33. The number of carbonyl (C=O) groups is 1. The van der Waals surface area contributed by atoms with E-state index in [0.29, 0.717) is 12.1 Å². The monoisotopic (exact) mass is 250 g/mol. The van der Waals surface area contributed by atoms with Gasteiger partial charge in [0.1, 0.15) is 5.82 Å². The second-order valence-electron chi connectivity index (χ2n) is 5.30. The molecule has 1 saturated heterocycles. The number of halogens is 1. The van der Waals surface area contributed by atoms with Crippen LogP contribution in [-0.2, 0) is 11.2 Å². The number of amides is 1. The third-order valence-corrected chi connectivity index (χ3v) is 3.40. The average molecular weight is 250 g/mol. The van der Waals surface area contributed by atoms with Crippen LogP contribution in [0.5, 0.6) is 0 Å². The van der Waals surface area contributed by atoms with E-state index in [0.717, 1.165) is 13.1 Å². The lowest BCUT2D eigenvalue weighted by molar-refractivity contribution is -0.136. The second-order valence-corrected chi connectivity index (χ2v) is 5.30. The fraction of sp³-hybridized carbons (Fsp3) is 0.500. The van der Waals surface area contributed by atoms with Gasteiger partial charge < -0.3 is 10.2 Å². The molecule has 1 aliphatic rings. The quantitative estimate of drug-likeness (QED) is 0.864. The van der Waals surface area contributed by atoms with Crippen LogP contribution in [0.15, 0.2) is 24.3 Å². The summed E-state index contributed by atoms with van der Waals surface area (Å²) in [4.78, 5) is 14.1. The largest absolute Gasteiger partial charge is 0.335 e. The summed E-state index contributed by atoms with van der Waals surface area (Å²) < 4.78 is 13.5. The van der Waals surface area contributed by atoms with Gasteiger partial charge in [0.2, 0.25) is 5.91 Å². The van der Waals surface area contributed by atoms with Gasteiger partial charge in [-0.1, -0.05) is 18.2 Å². The number of nitrogens with zero attached hydrogens (tertiary/aromatic N) is 1. The summed E-state index contributed by atoms with van der Waals surface area (Å²) in [7, 11) is 0. The van der Waals surface area contributed by atoms with Gasteiger partial charge in [0.15, 0.2) is 0 Å². The first kappa shape index (κ1) is 13.0. The van der Waals surface area contributed by atoms with E-state index >= 15 is 0 Å². The molecular formula is C14H19FN2O. The molecule has 1 aliphatic heterocycles. The molecule has 1 fully saturated rings. The number of piperazine rings is 1. The predicted octanol–water partition coefficient (Wildman–Crippen LogP) is 1.58. The maximum absolute atomic E-state index is 13.5. The van der Waals surface area contributed by atoms with Crippen LogP contribution in [-0.4, -0.2) is 36.0 Å². The van der Waals surface area contributed by atoms with Crippen LogP contribution in [0.4, 0.5) is 4.39 Å². The maximum atomic E-state index is 13.5. The molecule has 18 heavy (non-hydrogen) atoms. The van der Waals surface area contributed by atoms with Crippen molar-refractivity contribution in [2.24, 2.45) is 0 Å². The van der Waals surface area contributed by atoms with Crippen LogP contribution in [0.25, 0.3) is 0 Å². The van der Waals surface area contributed by atoms with Gasteiger partial charge in [-0.15, -0.1) is 0 Å². The van der Waals surface area contributed by atoms with E-state index in [2.05, 4.69) is 5.32 Å². The zero-order chi connectivity index (χ0) is 13.2. The van der Waals surface area contributed by atoms with Crippen molar-refractivity contribution in [3.63, 3.8) is 0 Å². The zero-order valence-corrected chi connectivity index (χ0v) is 10.9. The highest BCUT2D eigenvalue weighted by Crippen LogP contribution is 2.18. The van der Waals surface area contributed by atoms with E-state index in [1.54, 1.807) is 18.2 Å². The van der Waals surface area contributed by atoms with Gasteiger partial charge >= 0.3 is 0 Å². The Bertz CT molecular complexity index is 445. The lowest BCUT2D eigenvalue weighted by Gasteiger charge is -2.43. The Balaban J connectivity index is 2.10. The summed E-state index contributed by atoms with van der Waals surface area (Å²) in [6, 6.07) is 6.46. The topological polar surface area (TPSA) is 32.3 Å². The molecular weight excluding hydrogens is 231 g/mol. The molecule has 0 saturated carbocycles. The van der Waals surface area contributed by atoms with Crippen molar-refractivity contribution >= 4 is 5.91 Å². The Labute approximate surface area is 107 Å². The van der Waals surface area contributed by atoms with Crippen molar-refractivity contribution in [1.29, 1.82) is 0 Å². The molecule has 0 spiro atoms. The first-order valence-electron chi connectivity index (χ1n) is 6.25. The summed E-state index contributed by atoms with van der Waals surface area (Å²) >= 11 is 0. The Hall–Kier alpha value is -1.42. The van der Waals surface area contributed by atoms with E-state index in [4.69, 9.17) is 0 Å². The van der Waals surface area contributed by atoms with E-state index < -0.39 is 0 Å². The minimum absolute atomic E-state index is 0.00778. The Morgan fingerprint density at radius 3 is 2.83 bits per heavy atom. The fourth-order valence-corrected chi connectivity index (χ4v) is 2.35. The van der Waals surface area contributed by atoms with Crippen LogP contribution in [0.1, 0.15) is 19.4 Å². The van der Waals surface area contributed by atoms with E-state index in [-0.39, 0.29) is 23.7 Å². The number of benzene rings is 1. The molecule has 0 aromatic heterocycles. The lowest BCUT2D eigenvalue weighted by Crippen LogP contribution is -2.60. The van der Waals surface area contributed by atoms with Gasteiger partial charge in [-0.2, -0.15) is 0 Å². The zero-order valence-electron chi connectivity index (χ0n) is 10.9. The number of carbonyl (C=O) groups excluding carboxylic acids is 1. The molecule has 1 aromatic carbocycles. The van der Waals surface area contributed by atoms with E-state index in [9.17, 15) is 9.18 Å². The van der Waals surface area contributed by atoms with Gasteiger partial charge in [0, 0.05) is 25.2 Å². The molecule has 1 aromatic rings. The Kier molecular flexibility index (Phi) is 3.66. The molecule has 98 valence electrons. The van der Waals surface area contributed by atoms with Crippen molar-refractivity contribution in [2.45, 2.75) is 25.8 Å². The summed E-state index contributed by atoms with van der Waals surface area (Å²) in [5, 5.41) is 3.27. The van der Waals surface area contributed by atoms with Gasteiger partial charge in [0.05, 0.1) is 6.42 Å². The smallest absolute Gasteiger partial charge is 0.227 e. The van der Waals surface area contributed by atoms with Gasteiger partial charge in [-0.3, -0.25) is 4.79 Å². The standard InChI is InChI=1S/C14H19FN2O/c1-14(2)10-16-7-8-17(14)13(18)9-11-5-3-4-6-12(11)15/h3-6,16H,7-10H2,1-2H3. The molecule has 3 nitrogen and oxygen atoms in total. The van der Waals surface area contributed by atoms with Crippen molar-refractivity contribution in [2.75, 3.05) is 19.6 Å². The molecule has 1 heterocycles. The van der Waals surface area contributed by atoms with Gasteiger partial charge in [-0.25, -0.2) is 4.39 Å². The number of rotatable bonds is 2. The molecule has 1 N–H and O–H groups in total. The van der Waals surface area contributed by atoms with Crippen molar-refractivity contribution in [1.82, 2.24) is 10.2 Å². The number of hydrogen-bond donors (Lipinski definition) is 1. The number of hydrogen-bond acceptors (Lipinski definition) is 2. The van der Waals surface area contributed by atoms with Crippen molar-refractivity contribution < 1.29 is 9.18 Å². The SMILES string of the molecule is CC1(C)CNCCN1C(=O)Cc1ccccc1F. The van der Waals surface area contributed by atoms with Gasteiger partial charge in [0.25, 0.3) is 0 Å². The molecule has 0 radical (unpaired) electrons. The van der Waals surface area contributed by atoms with Crippen LogP contribution < -0.4 is 5.32 Å². The molecule has 0 bridgehead atoms. The fourth-order valence-electron chi connectivity index (χ4n) is 2.35. The molecule has 0 aliphatic carbocycles. The minimum atomic E-state index is -0.307. The molecule has 1 amide bonds. The van der Waals surface area contributed by atoms with Crippen LogP contribution in [0.3, 0.4) is 0 Å². The summed E-state index contributed by atoms with van der Waals surface area (Å²) in [6.07, 6.45) is 0.135. The predicted molar refractivity (Wildman–Crippen MR) is 68.8 cm³/mol. The number of nitrogens with one attached hydrogen (secondary N) is 1. The summed E-state index contributed by atoms with van der Waals surface area (Å²) in [6.45, 7) is 6.31. The summed E-state index contributed by atoms with van der Waals surface area (Å²) in [5.74, 6) is -0.314. The minimum Gasteiger partial charge on any atom is -0.335 e. The molecule has 0 atom stereocenters. The lowest BCUT2D eigenvalue weighted by atomic mass is 9.98. The third kappa shape index (κ3) is 2.70. The maximum Gasteiger partial charge on any atom is 0.227 e. The van der Waals surface area contributed by atoms with E-state index in [1.165, 1.54) is 6.07 Å². The third-order valence-electron chi connectivity index (χ3n) is 3.40. The average Bonchev–Trinajstić information content (AvgIpc) is 2.31. The van der Waals surface area contributed by atoms with Crippen molar-refractivity contribution in [3.8, 4) is 0 Å². The first-order valence-corrected chi connectivity index (χ1v) is 6.25. The first-order chi connectivity index (χ1) is 8.50.